The summed E-state index contributed by atoms with van der Waals surface area (Å²) in [5.74, 6) is 0. The highest BCUT2D eigenvalue weighted by atomic mass is 14.4. The third-order valence-corrected chi connectivity index (χ3v) is 10.6. The predicted molar refractivity (Wildman–Crippen MR) is 192 cm³/mol. The molecule has 0 saturated heterocycles. The Hall–Kier alpha value is -5.46. The van der Waals surface area contributed by atoms with Crippen molar-refractivity contribution in [2.45, 2.75) is 19.3 Å². The van der Waals surface area contributed by atoms with Gasteiger partial charge >= 0.3 is 0 Å². The van der Waals surface area contributed by atoms with E-state index >= 15 is 0 Å². The highest BCUT2D eigenvalue weighted by Crippen LogP contribution is 2.53. The Morgan fingerprint density at radius 3 is 1.58 bits per heavy atom. The van der Waals surface area contributed by atoms with Crippen LogP contribution in [0.1, 0.15) is 25.0 Å². The van der Waals surface area contributed by atoms with Crippen LogP contribution in [0, 0.1) is 0 Å². The van der Waals surface area contributed by atoms with Crippen LogP contribution >= 0.6 is 0 Å². The van der Waals surface area contributed by atoms with Gasteiger partial charge in [0.1, 0.15) is 0 Å². The minimum Gasteiger partial charge on any atom is -0.0616 e. The highest BCUT2D eigenvalue weighted by Gasteiger charge is 2.36. The van der Waals surface area contributed by atoms with Crippen LogP contribution in [0.3, 0.4) is 0 Å². The van der Waals surface area contributed by atoms with Gasteiger partial charge in [-0.05, 0) is 117 Å². The molecule has 0 aromatic heterocycles. The molecule has 8 aromatic carbocycles. The molecule has 8 aromatic rings. The van der Waals surface area contributed by atoms with E-state index < -0.39 is 0 Å². The standard InChI is InChI=1S/C45H30/c1-45(2)42-25-28(31-22-23-40-34-14-7-6-13-33(34)39-17-9-16-38(31)44(39)40)18-20-36(42)37-21-19-29(26-43(37)45)41-24-27-10-3-4-11-30(27)32-12-5-8-15-35(32)41/h3-26H,1-2H3. The largest absolute Gasteiger partial charge is 0.0616 e. The van der Waals surface area contributed by atoms with Crippen LogP contribution in [-0.4, -0.2) is 0 Å². The van der Waals surface area contributed by atoms with Gasteiger partial charge in [-0.3, -0.25) is 0 Å². The second-order valence-electron chi connectivity index (χ2n) is 13.3. The molecule has 0 heterocycles. The molecule has 0 N–H and O–H groups in total. The van der Waals surface area contributed by atoms with Gasteiger partial charge in [0.15, 0.2) is 0 Å². The average Bonchev–Trinajstić information content (AvgIpc) is 3.53. The van der Waals surface area contributed by atoms with Gasteiger partial charge in [0.05, 0.1) is 0 Å². The van der Waals surface area contributed by atoms with E-state index in [0.29, 0.717) is 0 Å². The average molecular weight is 571 g/mol. The summed E-state index contributed by atoms with van der Waals surface area (Å²) in [6.07, 6.45) is 0. The van der Waals surface area contributed by atoms with Crippen molar-refractivity contribution in [2.24, 2.45) is 0 Å². The maximum atomic E-state index is 2.46. The summed E-state index contributed by atoms with van der Waals surface area (Å²) in [4.78, 5) is 0. The molecule has 0 nitrogen and oxygen atoms in total. The molecule has 45 heavy (non-hydrogen) atoms. The minimum absolute atomic E-state index is 0.117. The molecule has 0 heteroatoms. The molecule has 0 bridgehead atoms. The van der Waals surface area contributed by atoms with Crippen LogP contribution < -0.4 is 0 Å². The third kappa shape index (κ3) is 3.32. The van der Waals surface area contributed by atoms with Gasteiger partial charge in [0.25, 0.3) is 0 Å². The Balaban J connectivity index is 1.12. The van der Waals surface area contributed by atoms with Crippen LogP contribution in [0.15, 0.2) is 146 Å². The van der Waals surface area contributed by atoms with Crippen LogP contribution in [0.4, 0.5) is 0 Å². The summed E-state index contributed by atoms with van der Waals surface area (Å²) in [6.45, 7) is 4.79. The van der Waals surface area contributed by atoms with Gasteiger partial charge < -0.3 is 0 Å². The maximum absolute atomic E-state index is 2.46. The summed E-state index contributed by atoms with van der Waals surface area (Å²) in [5, 5.41) is 7.93. The van der Waals surface area contributed by atoms with E-state index in [1.807, 2.05) is 0 Å². The lowest BCUT2D eigenvalue weighted by atomic mass is 9.80. The lowest BCUT2D eigenvalue weighted by molar-refractivity contribution is 0.661. The summed E-state index contributed by atoms with van der Waals surface area (Å²) < 4.78 is 0. The van der Waals surface area contributed by atoms with E-state index in [1.54, 1.807) is 0 Å². The van der Waals surface area contributed by atoms with E-state index in [0.717, 1.165) is 0 Å². The van der Waals surface area contributed by atoms with E-state index in [2.05, 4.69) is 159 Å². The molecule has 2 aliphatic rings. The number of benzene rings is 8. The lowest BCUT2D eigenvalue weighted by Gasteiger charge is -2.23. The minimum atomic E-state index is -0.117. The molecule has 0 spiro atoms. The van der Waals surface area contributed by atoms with Gasteiger partial charge in [-0.2, -0.15) is 0 Å². The van der Waals surface area contributed by atoms with Gasteiger partial charge in [-0.15, -0.1) is 0 Å². The van der Waals surface area contributed by atoms with Crippen LogP contribution in [0.2, 0.25) is 0 Å². The first-order valence-electron chi connectivity index (χ1n) is 15.9. The SMILES string of the molecule is CC1(C)c2cc(-c3ccc4c5c(cccc35)-c3ccccc3-4)ccc2-c2ccc(-c3cc4ccccc4c4ccccc34)cc21. The molecule has 0 aliphatic heterocycles. The normalized spacial score (nSPS) is 13.7. The lowest BCUT2D eigenvalue weighted by Crippen LogP contribution is -2.15. The second kappa shape index (κ2) is 8.80. The molecule has 0 saturated carbocycles. The molecule has 0 fully saturated rings. The van der Waals surface area contributed by atoms with E-state index in [-0.39, 0.29) is 5.41 Å². The van der Waals surface area contributed by atoms with Crippen molar-refractivity contribution in [2.75, 3.05) is 0 Å². The number of fused-ring (bicyclic) bond motifs is 9. The molecule has 210 valence electrons. The van der Waals surface area contributed by atoms with Crippen molar-refractivity contribution in [3.8, 4) is 55.6 Å². The first kappa shape index (κ1) is 24.9. The van der Waals surface area contributed by atoms with Gasteiger partial charge in [0.2, 0.25) is 0 Å². The van der Waals surface area contributed by atoms with Crippen molar-refractivity contribution < 1.29 is 0 Å². The second-order valence-corrected chi connectivity index (χ2v) is 13.3. The highest BCUT2D eigenvalue weighted by molar-refractivity contribution is 6.19. The summed E-state index contributed by atoms with van der Waals surface area (Å²) in [7, 11) is 0. The molecule has 10 rings (SSSR count). The summed E-state index contributed by atoms with van der Waals surface area (Å²) in [6, 6.07) is 54.6. The predicted octanol–water partition coefficient (Wildman–Crippen LogP) is 12.4. The zero-order chi connectivity index (χ0) is 29.9. The Kier molecular flexibility index (Phi) is 4.88. The van der Waals surface area contributed by atoms with Crippen molar-refractivity contribution >= 4 is 32.3 Å². The van der Waals surface area contributed by atoms with Crippen molar-refractivity contribution in [3.05, 3.63) is 157 Å². The van der Waals surface area contributed by atoms with Gasteiger partial charge in [-0.1, -0.05) is 141 Å². The van der Waals surface area contributed by atoms with Crippen LogP contribution in [0.25, 0.3) is 88.0 Å². The Labute approximate surface area is 263 Å². The van der Waals surface area contributed by atoms with Crippen LogP contribution in [-0.2, 0) is 5.41 Å². The Morgan fingerprint density at radius 2 is 0.844 bits per heavy atom. The molecule has 0 atom stereocenters. The smallest absolute Gasteiger partial charge is 0.0159 e. The molecule has 0 radical (unpaired) electrons. The molecular formula is C45H30. The molecule has 0 unspecified atom stereocenters. The monoisotopic (exact) mass is 570 g/mol. The first-order chi connectivity index (χ1) is 22.1. The third-order valence-electron chi connectivity index (χ3n) is 10.6. The Bertz CT molecular complexity index is 2530. The topological polar surface area (TPSA) is 0 Å². The van der Waals surface area contributed by atoms with Crippen molar-refractivity contribution in [3.63, 3.8) is 0 Å². The zero-order valence-electron chi connectivity index (χ0n) is 25.4. The Morgan fingerprint density at radius 1 is 0.333 bits per heavy atom. The van der Waals surface area contributed by atoms with Crippen molar-refractivity contribution in [1.82, 2.24) is 0 Å². The maximum Gasteiger partial charge on any atom is 0.0159 e. The van der Waals surface area contributed by atoms with E-state index in [9.17, 15) is 0 Å². The number of hydrogen-bond acceptors (Lipinski definition) is 0. The zero-order valence-corrected chi connectivity index (χ0v) is 25.4. The fraction of sp³-hybridized carbons (Fsp3) is 0.0667. The summed E-state index contributed by atoms with van der Waals surface area (Å²) >= 11 is 0. The molecule has 2 aliphatic carbocycles. The molecule has 0 amide bonds. The van der Waals surface area contributed by atoms with Gasteiger partial charge in [-0.25, -0.2) is 0 Å². The number of hydrogen-bond donors (Lipinski definition) is 0. The first-order valence-corrected chi connectivity index (χ1v) is 15.9. The number of rotatable bonds is 2. The summed E-state index contributed by atoms with van der Waals surface area (Å²) in [5.41, 5.74) is 16.0. The fourth-order valence-electron chi connectivity index (χ4n) is 8.43. The van der Waals surface area contributed by atoms with Gasteiger partial charge in [0, 0.05) is 5.41 Å². The van der Waals surface area contributed by atoms with Crippen molar-refractivity contribution in [1.29, 1.82) is 0 Å². The van der Waals surface area contributed by atoms with E-state index in [1.165, 1.54) is 99.1 Å². The quantitative estimate of drug-likeness (QED) is 0.181. The van der Waals surface area contributed by atoms with Crippen LogP contribution in [0.5, 0.6) is 0 Å². The fourth-order valence-corrected chi connectivity index (χ4v) is 8.43. The molecular weight excluding hydrogens is 540 g/mol. The van der Waals surface area contributed by atoms with E-state index in [4.69, 9.17) is 0 Å².